The predicted molar refractivity (Wildman–Crippen MR) is 102 cm³/mol. The molecular formula is C20H23N3OS. The summed E-state index contributed by atoms with van der Waals surface area (Å²) in [6, 6.07) is 9.41. The molecule has 130 valence electrons. The van der Waals surface area contributed by atoms with Gasteiger partial charge in [-0.15, -0.1) is 17.9 Å². The van der Waals surface area contributed by atoms with Gasteiger partial charge in [-0.2, -0.15) is 5.26 Å². The summed E-state index contributed by atoms with van der Waals surface area (Å²) in [6.07, 6.45) is 4.85. The standard InChI is InChI=1S/C20H23N3OS/c1-4-6-7-18-22-15(3)19(25-18)20(24)23(12-5-2)14-17-10-8-16(13-21)9-11-17/h5,8-11H,2,4,6-7,12,14H2,1,3H3. The summed E-state index contributed by atoms with van der Waals surface area (Å²) in [4.78, 5) is 20.0. The summed E-state index contributed by atoms with van der Waals surface area (Å²) < 4.78 is 0. The third kappa shape index (κ3) is 5.01. The number of nitriles is 1. The van der Waals surface area contributed by atoms with E-state index in [1.54, 1.807) is 23.1 Å². The Labute approximate surface area is 153 Å². The number of rotatable bonds is 8. The third-order valence-corrected chi connectivity index (χ3v) is 5.08. The molecule has 0 N–H and O–H groups in total. The quantitative estimate of drug-likeness (QED) is 0.657. The molecule has 5 heteroatoms. The maximum Gasteiger partial charge on any atom is 0.266 e. The van der Waals surface area contributed by atoms with Crippen molar-refractivity contribution in [3.05, 3.63) is 63.6 Å². The van der Waals surface area contributed by atoms with Crippen molar-refractivity contribution in [2.45, 2.75) is 39.7 Å². The van der Waals surface area contributed by atoms with Gasteiger partial charge >= 0.3 is 0 Å². The van der Waals surface area contributed by atoms with Gasteiger partial charge in [0.1, 0.15) is 4.88 Å². The fourth-order valence-electron chi connectivity index (χ4n) is 2.51. The topological polar surface area (TPSA) is 57.0 Å². The second kappa shape index (κ2) is 9.14. The van der Waals surface area contributed by atoms with Crippen LogP contribution in [-0.2, 0) is 13.0 Å². The molecule has 2 rings (SSSR count). The molecule has 0 aliphatic carbocycles. The molecule has 0 spiro atoms. The maximum atomic E-state index is 13.0. The van der Waals surface area contributed by atoms with Gasteiger partial charge in [0.2, 0.25) is 0 Å². The summed E-state index contributed by atoms with van der Waals surface area (Å²) >= 11 is 1.50. The van der Waals surface area contributed by atoms with Crippen molar-refractivity contribution in [1.82, 2.24) is 9.88 Å². The van der Waals surface area contributed by atoms with Gasteiger partial charge < -0.3 is 4.90 Å². The predicted octanol–water partition coefficient (Wildman–Crippen LogP) is 4.49. The van der Waals surface area contributed by atoms with E-state index in [0.29, 0.717) is 23.5 Å². The zero-order valence-electron chi connectivity index (χ0n) is 14.8. The van der Waals surface area contributed by atoms with Crippen LogP contribution >= 0.6 is 11.3 Å². The van der Waals surface area contributed by atoms with Crippen LogP contribution in [0.1, 0.15) is 51.3 Å². The van der Waals surface area contributed by atoms with E-state index < -0.39 is 0 Å². The number of amides is 1. The van der Waals surface area contributed by atoms with Crippen LogP contribution in [0.15, 0.2) is 36.9 Å². The van der Waals surface area contributed by atoms with Crippen LogP contribution < -0.4 is 0 Å². The molecular weight excluding hydrogens is 330 g/mol. The number of carbonyl (C=O) groups is 1. The van der Waals surface area contributed by atoms with Crippen molar-refractivity contribution in [3.63, 3.8) is 0 Å². The zero-order valence-corrected chi connectivity index (χ0v) is 15.6. The molecule has 2 aromatic rings. The minimum atomic E-state index is -0.0120. The van der Waals surface area contributed by atoms with Crippen LogP contribution in [-0.4, -0.2) is 22.3 Å². The van der Waals surface area contributed by atoms with Gasteiger partial charge in [-0.3, -0.25) is 4.79 Å². The summed E-state index contributed by atoms with van der Waals surface area (Å²) in [5.41, 5.74) is 2.40. The van der Waals surface area contributed by atoms with Gasteiger partial charge in [0.05, 0.1) is 22.3 Å². The first-order chi connectivity index (χ1) is 12.1. The van der Waals surface area contributed by atoms with Crippen molar-refractivity contribution in [2.75, 3.05) is 6.54 Å². The number of nitrogens with zero attached hydrogens (tertiary/aromatic N) is 3. The first kappa shape index (κ1) is 18.9. The molecule has 1 aromatic carbocycles. The fraction of sp³-hybridized carbons (Fsp3) is 0.350. The van der Waals surface area contributed by atoms with Crippen molar-refractivity contribution in [3.8, 4) is 6.07 Å². The highest BCUT2D eigenvalue weighted by atomic mass is 32.1. The van der Waals surface area contributed by atoms with E-state index in [1.807, 2.05) is 19.1 Å². The van der Waals surface area contributed by atoms with E-state index in [9.17, 15) is 4.79 Å². The monoisotopic (exact) mass is 353 g/mol. The van der Waals surface area contributed by atoms with E-state index >= 15 is 0 Å². The van der Waals surface area contributed by atoms with Crippen LogP contribution in [0.5, 0.6) is 0 Å². The van der Waals surface area contributed by atoms with Gasteiger partial charge in [0.25, 0.3) is 5.91 Å². The SMILES string of the molecule is C=CCN(Cc1ccc(C#N)cc1)C(=O)c1sc(CCCC)nc1C. The van der Waals surface area contributed by atoms with Gasteiger partial charge in [-0.05, 0) is 37.5 Å². The van der Waals surface area contributed by atoms with E-state index in [2.05, 4.69) is 24.6 Å². The number of unbranched alkanes of at least 4 members (excludes halogenated alkanes) is 1. The third-order valence-electron chi connectivity index (χ3n) is 3.87. The molecule has 4 nitrogen and oxygen atoms in total. The molecule has 0 aliphatic heterocycles. The minimum Gasteiger partial charge on any atom is -0.330 e. The lowest BCUT2D eigenvalue weighted by Gasteiger charge is -2.20. The first-order valence-corrected chi connectivity index (χ1v) is 9.26. The number of hydrogen-bond donors (Lipinski definition) is 0. The highest BCUT2D eigenvalue weighted by Gasteiger charge is 2.21. The van der Waals surface area contributed by atoms with E-state index in [0.717, 1.165) is 35.5 Å². The van der Waals surface area contributed by atoms with Crippen LogP contribution in [0.4, 0.5) is 0 Å². The Bertz CT molecular complexity index is 771. The average Bonchev–Trinajstić information content (AvgIpc) is 3.00. The Morgan fingerprint density at radius 3 is 2.72 bits per heavy atom. The molecule has 0 radical (unpaired) electrons. The summed E-state index contributed by atoms with van der Waals surface area (Å²) in [6.45, 7) is 8.77. The Morgan fingerprint density at radius 1 is 1.40 bits per heavy atom. The minimum absolute atomic E-state index is 0.0120. The molecule has 0 saturated carbocycles. The number of hydrogen-bond acceptors (Lipinski definition) is 4. The molecule has 0 atom stereocenters. The van der Waals surface area contributed by atoms with Gasteiger partial charge in [-0.25, -0.2) is 4.98 Å². The molecule has 1 aromatic heterocycles. The molecule has 0 bridgehead atoms. The summed E-state index contributed by atoms with van der Waals surface area (Å²) in [5.74, 6) is -0.0120. The van der Waals surface area contributed by atoms with E-state index in [4.69, 9.17) is 5.26 Å². The lowest BCUT2D eigenvalue weighted by molar-refractivity contribution is 0.0766. The Hall–Kier alpha value is -2.45. The lowest BCUT2D eigenvalue weighted by Crippen LogP contribution is -2.30. The Balaban J connectivity index is 2.18. The van der Waals surface area contributed by atoms with Crippen LogP contribution in [0.2, 0.25) is 0 Å². The number of carbonyl (C=O) groups excluding carboxylic acids is 1. The molecule has 0 aliphatic rings. The second-order valence-electron chi connectivity index (χ2n) is 5.91. The number of aryl methyl sites for hydroxylation is 2. The number of aromatic nitrogens is 1. The molecule has 25 heavy (non-hydrogen) atoms. The van der Waals surface area contributed by atoms with Crippen molar-refractivity contribution < 1.29 is 4.79 Å². The second-order valence-corrected chi connectivity index (χ2v) is 6.99. The average molecular weight is 353 g/mol. The molecule has 1 heterocycles. The number of benzene rings is 1. The van der Waals surface area contributed by atoms with E-state index in [1.165, 1.54) is 11.3 Å². The summed E-state index contributed by atoms with van der Waals surface area (Å²) in [5, 5.41) is 9.92. The highest BCUT2D eigenvalue weighted by Crippen LogP contribution is 2.22. The zero-order chi connectivity index (χ0) is 18.2. The Kier molecular flexibility index (Phi) is 6.91. The first-order valence-electron chi connectivity index (χ1n) is 8.44. The van der Waals surface area contributed by atoms with E-state index in [-0.39, 0.29) is 5.91 Å². The van der Waals surface area contributed by atoms with Crippen LogP contribution in [0.3, 0.4) is 0 Å². The summed E-state index contributed by atoms with van der Waals surface area (Å²) in [7, 11) is 0. The van der Waals surface area contributed by atoms with Crippen molar-refractivity contribution in [2.24, 2.45) is 0 Å². The van der Waals surface area contributed by atoms with Gasteiger partial charge in [-0.1, -0.05) is 31.6 Å². The van der Waals surface area contributed by atoms with Gasteiger partial charge in [0.15, 0.2) is 0 Å². The van der Waals surface area contributed by atoms with Crippen molar-refractivity contribution in [1.29, 1.82) is 5.26 Å². The van der Waals surface area contributed by atoms with Crippen molar-refractivity contribution >= 4 is 17.2 Å². The molecule has 0 fully saturated rings. The van der Waals surface area contributed by atoms with Crippen LogP contribution in [0.25, 0.3) is 0 Å². The molecule has 0 unspecified atom stereocenters. The highest BCUT2D eigenvalue weighted by molar-refractivity contribution is 7.13. The maximum absolute atomic E-state index is 13.0. The fourth-order valence-corrected chi connectivity index (χ4v) is 3.58. The molecule has 0 saturated heterocycles. The molecule has 1 amide bonds. The normalized spacial score (nSPS) is 10.3. The van der Waals surface area contributed by atoms with Crippen LogP contribution in [0, 0.1) is 18.3 Å². The largest absolute Gasteiger partial charge is 0.330 e. The van der Waals surface area contributed by atoms with Gasteiger partial charge in [0, 0.05) is 13.1 Å². The Morgan fingerprint density at radius 2 is 2.12 bits per heavy atom. The smallest absolute Gasteiger partial charge is 0.266 e. The lowest BCUT2D eigenvalue weighted by atomic mass is 10.1. The number of thiazole rings is 1.